The number of fused-ring (bicyclic) bond motifs is 1. The van der Waals surface area contributed by atoms with Crippen LogP contribution < -0.4 is 14.2 Å². The number of nitrogens with zero attached hydrogens (tertiary/aromatic N) is 6. The summed E-state index contributed by atoms with van der Waals surface area (Å²) in [6, 6.07) is 13.8. The number of aromatic nitrogens is 4. The van der Waals surface area contributed by atoms with Crippen LogP contribution in [0.4, 0.5) is 17.6 Å². The zero-order valence-corrected chi connectivity index (χ0v) is 34.2. The molecule has 0 radical (unpaired) electrons. The van der Waals surface area contributed by atoms with Crippen LogP contribution in [0.3, 0.4) is 0 Å². The lowest BCUT2D eigenvalue weighted by molar-refractivity contribution is -0.154. The fourth-order valence-corrected chi connectivity index (χ4v) is 7.95. The van der Waals surface area contributed by atoms with Gasteiger partial charge in [0.15, 0.2) is 6.61 Å². The zero-order valence-electron chi connectivity index (χ0n) is 32.7. The van der Waals surface area contributed by atoms with E-state index < -0.39 is 36.7 Å². The summed E-state index contributed by atoms with van der Waals surface area (Å²) in [6.07, 6.45) is -2.32. The van der Waals surface area contributed by atoms with Crippen LogP contribution >= 0.6 is 23.1 Å². The number of para-hydroxylation sites is 1. The molecule has 3 aromatic heterocycles. The monoisotopic (exact) mass is 868 g/mol. The van der Waals surface area contributed by atoms with E-state index in [4.69, 9.17) is 30.8 Å². The van der Waals surface area contributed by atoms with E-state index in [-0.39, 0.29) is 24.6 Å². The number of rotatable bonds is 16. The predicted octanol–water partition coefficient (Wildman–Crippen LogP) is 8.16. The minimum Gasteiger partial charge on any atom is -0.495 e. The highest BCUT2D eigenvalue weighted by atomic mass is 35.5. The second-order valence-electron chi connectivity index (χ2n) is 14.3. The molecule has 4 heterocycles. The normalized spacial score (nSPS) is 16.0. The number of pyridine rings is 1. The summed E-state index contributed by atoms with van der Waals surface area (Å²) in [5, 5.41) is 11.5. The Hall–Kier alpha value is -5.36. The first-order chi connectivity index (χ1) is 28.8. The average Bonchev–Trinajstić information content (AvgIpc) is 3.64. The largest absolute Gasteiger partial charge is 0.495 e. The van der Waals surface area contributed by atoms with Gasteiger partial charge < -0.3 is 29.0 Å². The van der Waals surface area contributed by atoms with Crippen molar-refractivity contribution in [3.05, 3.63) is 106 Å². The van der Waals surface area contributed by atoms with Gasteiger partial charge >= 0.3 is 18.2 Å². The number of benzene rings is 2. The lowest BCUT2D eigenvalue weighted by Crippen LogP contribution is -2.45. The molecule has 2 aromatic carbocycles. The Morgan fingerprint density at radius 3 is 2.58 bits per heavy atom. The van der Waals surface area contributed by atoms with Gasteiger partial charge in [-0.1, -0.05) is 41.9 Å². The van der Waals surface area contributed by atoms with Gasteiger partial charge in [0.05, 0.1) is 26.5 Å². The third kappa shape index (κ3) is 10.5. The number of halogens is 5. The number of carboxylic acid groups (broad SMARTS) is 1. The van der Waals surface area contributed by atoms with Gasteiger partial charge in [-0.3, -0.25) is 9.88 Å². The number of allylic oxidation sites excluding steroid dienone is 4. The van der Waals surface area contributed by atoms with Crippen molar-refractivity contribution >= 4 is 44.8 Å². The van der Waals surface area contributed by atoms with E-state index in [9.17, 15) is 27.5 Å². The molecule has 0 saturated carbocycles. The molecule has 0 amide bonds. The quantitative estimate of drug-likeness (QED) is 0.0960. The maximum Gasteiger partial charge on any atom is 0.422 e. The molecular formula is C42H41ClF4N6O6S. The van der Waals surface area contributed by atoms with Gasteiger partial charge in [0.2, 0.25) is 12.0 Å². The van der Waals surface area contributed by atoms with Gasteiger partial charge in [0, 0.05) is 69.1 Å². The molecule has 60 heavy (non-hydrogen) atoms. The van der Waals surface area contributed by atoms with Crippen LogP contribution in [0.15, 0.2) is 83.4 Å². The van der Waals surface area contributed by atoms with E-state index in [0.29, 0.717) is 68.5 Å². The van der Waals surface area contributed by atoms with Gasteiger partial charge in [-0.25, -0.2) is 14.2 Å². The molecule has 0 unspecified atom stereocenters. The first-order valence-corrected chi connectivity index (χ1v) is 20.3. The van der Waals surface area contributed by atoms with Gasteiger partial charge in [-0.15, -0.1) is 0 Å². The smallest absolute Gasteiger partial charge is 0.422 e. The maximum absolute atomic E-state index is 14.7. The fourth-order valence-electron chi connectivity index (χ4n) is 6.99. The van der Waals surface area contributed by atoms with Gasteiger partial charge in [-0.2, -0.15) is 22.5 Å². The summed E-state index contributed by atoms with van der Waals surface area (Å²) < 4.78 is 81.0. The molecule has 0 spiro atoms. The molecule has 0 bridgehead atoms. The fraction of sp³-hybridized carbons (Fsp3) is 0.357. The SMILES string of the molecule is CC1=C(c2c(-c3cccc(F)c3)ncc3snc(O[C@H](Cc4ccccc4OCc4ccnc(OCC(F)(F)F)n4)C(=O)O)c23)CCC(OCCN2CCN(C)CC2)=C1Cl. The summed E-state index contributed by atoms with van der Waals surface area (Å²) in [6.45, 7) is 5.38. The van der Waals surface area contributed by atoms with E-state index in [1.807, 2.05) is 6.92 Å². The Bertz CT molecular complexity index is 2400. The average molecular weight is 869 g/mol. The number of alkyl halides is 3. The number of aliphatic carboxylic acids is 1. The van der Waals surface area contributed by atoms with Crippen LogP contribution in [0.25, 0.3) is 26.9 Å². The molecular weight excluding hydrogens is 828 g/mol. The van der Waals surface area contributed by atoms with Crippen molar-refractivity contribution in [1.82, 2.24) is 29.1 Å². The lowest BCUT2D eigenvalue weighted by atomic mass is 9.87. The van der Waals surface area contributed by atoms with Crippen molar-refractivity contribution in [1.29, 1.82) is 0 Å². The highest BCUT2D eigenvalue weighted by Crippen LogP contribution is 2.46. The standard InChI is InChI=1S/C42H41ClF4N6O6S/c1-25-30(10-11-32(37(25)43)56-19-18-53-16-14-52(2)15-17-53)35-36-34(22-49-38(35)27-7-5-8-28(44)20-27)60-51-39(36)59-33(40(54)55)21-26-6-3-4-9-31(26)57-23-29-12-13-48-41(50-29)58-24-42(45,46)47/h3-9,12-13,20,22,33H,10-11,14-19,21,23-24H2,1-2H3,(H,54,55)/t33-/m1/s1. The number of likely N-dealkylation sites (N-methyl/N-ethyl adjacent to an activating group) is 1. The van der Waals surface area contributed by atoms with Gasteiger partial charge in [-0.05, 0) is 72.9 Å². The van der Waals surface area contributed by atoms with Crippen LogP contribution in [0.2, 0.25) is 0 Å². The van der Waals surface area contributed by atoms with Crippen molar-refractivity contribution < 1.29 is 46.4 Å². The van der Waals surface area contributed by atoms with E-state index in [1.165, 1.54) is 24.4 Å². The van der Waals surface area contributed by atoms with Crippen molar-refractivity contribution in [2.45, 2.75) is 45.1 Å². The van der Waals surface area contributed by atoms with E-state index in [2.05, 4.69) is 35.9 Å². The third-order valence-electron chi connectivity index (χ3n) is 10.1. The van der Waals surface area contributed by atoms with Crippen LogP contribution in [-0.4, -0.2) is 105 Å². The number of piperazine rings is 1. The van der Waals surface area contributed by atoms with E-state index in [1.54, 1.807) is 42.6 Å². The van der Waals surface area contributed by atoms with Crippen molar-refractivity contribution in [3.8, 4) is 28.9 Å². The first-order valence-electron chi connectivity index (χ1n) is 19.1. The second-order valence-corrected chi connectivity index (χ2v) is 15.5. The number of hydrogen-bond acceptors (Lipinski definition) is 12. The number of hydrogen-bond donors (Lipinski definition) is 1. The Morgan fingerprint density at radius 2 is 1.82 bits per heavy atom. The molecule has 1 aliphatic heterocycles. The van der Waals surface area contributed by atoms with Gasteiger partial charge in [0.25, 0.3) is 0 Å². The number of carboxylic acids is 1. The molecule has 2 aliphatic rings. The molecule has 12 nitrogen and oxygen atoms in total. The molecule has 18 heteroatoms. The first kappa shape index (κ1) is 42.8. The number of ether oxygens (including phenoxy) is 4. The van der Waals surface area contributed by atoms with Crippen LogP contribution in [0.5, 0.6) is 17.6 Å². The Kier molecular flexibility index (Phi) is 13.5. The topological polar surface area (TPSA) is 132 Å². The molecule has 7 rings (SSSR count). The highest BCUT2D eigenvalue weighted by Gasteiger charge is 2.31. The Morgan fingerprint density at radius 1 is 1.02 bits per heavy atom. The van der Waals surface area contributed by atoms with Crippen molar-refractivity contribution in [2.75, 3.05) is 53.0 Å². The van der Waals surface area contributed by atoms with E-state index >= 15 is 0 Å². The zero-order chi connectivity index (χ0) is 42.4. The Labute approximate surface area is 352 Å². The van der Waals surface area contributed by atoms with Crippen LogP contribution in [-0.2, 0) is 22.6 Å². The van der Waals surface area contributed by atoms with E-state index in [0.717, 1.165) is 55.4 Å². The number of carbonyl (C=O) groups is 1. The molecule has 1 aliphatic carbocycles. The van der Waals surface area contributed by atoms with Gasteiger partial charge in [0.1, 0.15) is 30.5 Å². The second kappa shape index (κ2) is 18.9. The lowest BCUT2D eigenvalue weighted by Gasteiger charge is -2.32. The molecule has 1 atom stereocenters. The van der Waals surface area contributed by atoms with Crippen LogP contribution in [0.1, 0.15) is 36.6 Å². The summed E-state index contributed by atoms with van der Waals surface area (Å²) in [7, 11) is 2.11. The van der Waals surface area contributed by atoms with Crippen molar-refractivity contribution in [2.24, 2.45) is 0 Å². The predicted molar refractivity (Wildman–Crippen MR) is 218 cm³/mol. The summed E-state index contributed by atoms with van der Waals surface area (Å²) in [5.74, 6) is -0.688. The Balaban J connectivity index is 1.17. The minimum absolute atomic E-state index is 0.0536. The molecule has 5 aromatic rings. The molecule has 1 N–H and O–H groups in total. The third-order valence-corrected chi connectivity index (χ3v) is 11.4. The van der Waals surface area contributed by atoms with Crippen molar-refractivity contribution in [3.63, 3.8) is 0 Å². The molecule has 316 valence electrons. The molecule has 1 saturated heterocycles. The molecule has 1 fully saturated rings. The highest BCUT2D eigenvalue weighted by molar-refractivity contribution is 7.13. The maximum atomic E-state index is 14.7. The minimum atomic E-state index is -4.56. The summed E-state index contributed by atoms with van der Waals surface area (Å²) in [4.78, 5) is 30.0. The summed E-state index contributed by atoms with van der Waals surface area (Å²) >= 11 is 8.14. The summed E-state index contributed by atoms with van der Waals surface area (Å²) in [5.41, 5.74) is 3.82. The van der Waals surface area contributed by atoms with Crippen LogP contribution in [0, 0.1) is 5.82 Å².